The van der Waals surface area contributed by atoms with Gasteiger partial charge in [-0.3, -0.25) is 0 Å². The van der Waals surface area contributed by atoms with Gasteiger partial charge >= 0.3 is 5.97 Å². The Hall–Kier alpha value is -3.10. The van der Waals surface area contributed by atoms with Gasteiger partial charge in [-0.1, -0.05) is 0 Å². The molecule has 1 aromatic carbocycles. The molecular formula is C14H17N5O4. The number of carbonyl (C=O) groups is 1. The molecule has 1 aromatic heterocycles. The predicted molar refractivity (Wildman–Crippen MR) is 81.9 cm³/mol. The molecule has 0 bridgehead atoms. The Morgan fingerprint density at radius 1 is 1.13 bits per heavy atom. The second-order valence-electron chi connectivity index (χ2n) is 4.34. The van der Waals surface area contributed by atoms with E-state index in [1.807, 2.05) is 6.92 Å². The molecule has 0 amide bonds. The summed E-state index contributed by atoms with van der Waals surface area (Å²) >= 11 is 0. The van der Waals surface area contributed by atoms with Gasteiger partial charge in [-0.05, 0) is 25.1 Å². The van der Waals surface area contributed by atoms with Crippen molar-refractivity contribution in [1.29, 1.82) is 0 Å². The maximum Gasteiger partial charge on any atom is 0.338 e. The minimum atomic E-state index is -0.564. The zero-order chi connectivity index (χ0) is 16.8. The third kappa shape index (κ3) is 4.19. The van der Waals surface area contributed by atoms with Crippen LogP contribution in [0.3, 0.4) is 0 Å². The molecule has 0 aliphatic heterocycles. The van der Waals surface area contributed by atoms with E-state index in [9.17, 15) is 4.79 Å². The predicted octanol–water partition coefficient (Wildman–Crippen LogP) is 0.800. The molecule has 2 aromatic rings. The summed E-state index contributed by atoms with van der Waals surface area (Å²) < 4.78 is 15.7. The minimum absolute atomic E-state index is 0.0355. The lowest BCUT2D eigenvalue weighted by Gasteiger charge is -2.11. The fraction of sp³-hybridized carbons (Fsp3) is 0.286. The van der Waals surface area contributed by atoms with Crippen molar-refractivity contribution in [3.8, 4) is 11.5 Å². The summed E-state index contributed by atoms with van der Waals surface area (Å²) in [5.41, 5.74) is 11.2. The normalized spacial score (nSPS) is 10.2. The lowest BCUT2D eigenvalue weighted by atomic mass is 10.2. The molecule has 0 unspecified atom stereocenters. The van der Waals surface area contributed by atoms with Crippen LogP contribution in [0, 0.1) is 0 Å². The molecule has 2 rings (SSSR count). The number of hydrogen-bond acceptors (Lipinski definition) is 9. The first-order valence-corrected chi connectivity index (χ1v) is 6.77. The molecule has 4 N–H and O–H groups in total. The van der Waals surface area contributed by atoms with Crippen LogP contribution in [0.4, 0.5) is 11.9 Å². The average molecular weight is 319 g/mol. The number of nitrogens with two attached hydrogens (primary N) is 2. The molecule has 9 heteroatoms. The number of hydrogen-bond donors (Lipinski definition) is 2. The quantitative estimate of drug-likeness (QED) is 0.741. The van der Waals surface area contributed by atoms with Gasteiger partial charge < -0.3 is 25.7 Å². The van der Waals surface area contributed by atoms with E-state index in [4.69, 9.17) is 25.7 Å². The van der Waals surface area contributed by atoms with Crippen LogP contribution in [0.2, 0.25) is 0 Å². The van der Waals surface area contributed by atoms with Crippen LogP contribution in [-0.2, 0) is 11.3 Å². The molecule has 1 heterocycles. The lowest BCUT2D eigenvalue weighted by Crippen LogP contribution is -2.11. The first kappa shape index (κ1) is 16.3. The third-order valence-electron chi connectivity index (χ3n) is 2.75. The van der Waals surface area contributed by atoms with Gasteiger partial charge in [0.2, 0.25) is 11.9 Å². The Bertz CT molecular complexity index is 687. The smallest absolute Gasteiger partial charge is 0.338 e. The van der Waals surface area contributed by atoms with Crippen molar-refractivity contribution in [2.75, 3.05) is 25.2 Å². The van der Waals surface area contributed by atoms with Gasteiger partial charge in [0.25, 0.3) is 0 Å². The van der Waals surface area contributed by atoms with Gasteiger partial charge in [-0.2, -0.15) is 15.0 Å². The summed E-state index contributed by atoms with van der Waals surface area (Å²) in [6, 6.07) is 4.74. The maximum absolute atomic E-state index is 12.1. The Morgan fingerprint density at radius 3 is 2.43 bits per heavy atom. The van der Waals surface area contributed by atoms with Crippen molar-refractivity contribution >= 4 is 17.9 Å². The Morgan fingerprint density at radius 2 is 1.83 bits per heavy atom. The number of ether oxygens (including phenoxy) is 3. The molecule has 0 aliphatic carbocycles. The fourth-order valence-corrected chi connectivity index (χ4v) is 1.81. The number of aromatic nitrogens is 3. The van der Waals surface area contributed by atoms with Crippen molar-refractivity contribution < 1.29 is 19.0 Å². The SMILES string of the molecule is CCOc1cc(C(=O)OCc2nc(N)nc(N)n2)ccc1OC. The second kappa shape index (κ2) is 7.25. The molecule has 0 radical (unpaired) electrons. The summed E-state index contributed by atoms with van der Waals surface area (Å²) in [5.74, 6) is 0.519. The number of nitrogens with zero attached hydrogens (tertiary/aromatic N) is 3. The van der Waals surface area contributed by atoms with Gasteiger partial charge in [-0.15, -0.1) is 0 Å². The van der Waals surface area contributed by atoms with E-state index in [0.717, 1.165) is 0 Å². The summed E-state index contributed by atoms with van der Waals surface area (Å²) in [6.45, 7) is 2.10. The van der Waals surface area contributed by atoms with Crippen LogP contribution in [0.1, 0.15) is 23.1 Å². The van der Waals surface area contributed by atoms with E-state index in [-0.39, 0.29) is 24.3 Å². The zero-order valence-electron chi connectivity index (χ0n) is 12.8. The van der Waals surface area contributed by atoms with Gasteiger partial charge in [0.15, 0.2) is 23.9 Å². The number of nitrogen functional groups attached to an aromatic ring is 2. The Labute approximate surface area is 132 Å². The van der Waals surface area contributed by atoms with Gasteiger partial charge in [0, 0.05) is 0 Å². The maximum atomic E-state index is 12.1. The molecule has 0 atom stereocenters. The number of anilines is 2. The Balaban J connectivity index is 2.09. The molecule has 0 aliphatic rings. The van der Waals surface area contributed by atoms with Crippen LogP contribution in [-0.4, -0.2) is 34.6 Å². The third-order valence-corrected chi connectivity index (χ3v) is 2.75. The van der Waals surface area contributed by atoms with E-state index in [1.54, 1.807) is 18.2 Å². The van der Waals surface area contributed by atoms with Crippen LogP contribution < -0.4 is 20.9 Å². The largest absolute Gasteiger partial charge is 0.493 e. The van der Waals surface area contributed by atoms with Crippen molar-refractivity contribution in [2.24, 2.45) is 0 Å². The van der Waals surface area contributed by atoms with E-state index in [2.05, 4.69) is 15.0 Å². The summed E-state index contributed by atoms with van der Waals surface area (Å²) in [7, 11) is 1.52. The van der Waals surface area contributed by atoms with Gasteiger partial charge in [-0.25, -0.2) is 4.79 Å². The van der Waals surface area contributed by atoms with E-state index < -0.39 is 5.97 Å². The first-order chi connectivity index (χ1) is 11.0. The highest BCUT2D eigenvalue weighted by atomic mass is 16.5. The monoisotopic (exact) mass is 319 g/mol. The fourth-order valence-electron chi connectivity index (χ4n) is 1.81. The molecule has 0 saturated carbocycles. The summed E-state index contributed by atoms with van der Waals surface area (Å²) in [5, 5.41) is 0. The van der Waals surface area contributed by atoms with E-state index in [1.165, 1.54) is 7.11 Å². The number of methoxy groups -OCH3 is 1. The molecular weight excluding hydrogens is 302 g/mol. The molecule has 0 saturated heterocycles. The Kier molecular flexibility index (Phi) is 5.13. The van der Waals surface area contributed by atoms with Crippen molar-refractivity contribution in [1.82, 2.24) is 15.0 Å². The van der Waals surface area contributed by atoms with Crippen molar-refractivity contribution in [3.05, 3.63) is 29.6 Å². The number of rotatable bonds is 6. The molecule has 9 nitrogen and oxygen atoms in total. The van der Waals surface area contributed by atoms with E-state index >= 15 is 0 Å². The number of esters is 1. The van der Waals surface area contributed by atoms with Crippen molar-refractivity contribution in [2.45, 2.75) is 13.5 Å². The number of benzene rings is 1. The van der Waals surface area contributed by atoms with Crippen LogP contribution in [0.25, 0.3) is 0 Å². The van der Waals surface area contributed by atoms with Crippen molar-refractivity contribution in [3.63, 3.8) is 0 Å². The molecule has 23 heavy (non-hydrogen) atoms. The zero-order valence-corrected chi connectivity index (χ0v) is 12.8. The van der Waals surface area contributed by atoms with Crippen LogP contribution in [0.5, 0.6) is 11.5 Å². The minimum Gasteiger partial charge on any atom is -0.493 e. The topological polar surface area (TPSA) is 135 Å². The first-order valence-electron chi connectivity index (χ1n) is 6.77. The second-order valence-corrected chi connectivity index (χ2v) is 4.34. The number of carbonyl (C=O) groups excluding carboxylic acids is 1. The van der Waals surface area contributed by atoms with Gasteiger partial charge in [0.1, 0.15) is 0 Å². The summed E-state index contributed by atoms with van der Waals surface area (Å²) in [6.07, 6.45) is 0. The molecule has 122 valence electrons. The van der Waals surface area contributed by atoms with Crippen LogP contribution in [0.15, 0.2) is 18.2 Å². The molecule has 0 fully saturated rings. The van der Waals surface area contributed by atoms with E-state index in [0.29, 0.717) is 23.7 Å². The highest BCUT2D eigenvalue weighted by Gasteiger charge is 2.13. The average Bonchev–Trinajstić information content (AvgIpc) is 2.52. The lowest BCUT2D eigenvalue weighted by molar-refractivity contribution is 0.0461. The standard InChI is InChI=1S/C14H17N5O4/c1-3-22-10-6-8(4-5-9(10)21-2)12(20)23-7-11-17-13(15)19-14(16)18-11/h4-6H,3,7H2,1-2H3,(H4,15,16,17,18,19). The highest BCUT2D eigenvalue weighted by molar-refractivity contribution is 5.90. The van der Waals surface area contributed by atoms with Crippen LogP contribution >= 0.6 is 0 Å². The molecule has 0 spiro atoms. The highest BCUT2D eigenvalue weighted by Crippen LogP contribution is 2.28. The van der Waals surface area contributed by atoms with Gasteiger partial charge in [0.05, 0.1) is 19.3 Å². The summed E-state index contributed by atoms with van der Waals surface area (Å²) in [4.78, 5) is 23.4.